The van der Waals surface area contributed by atoms with E-state index in [1.54, 1.807) is 0 Å². The number of aryl methyl sites for hydroxylation is 1. The van der Waals surface area contributed by atoms with Gasteiger partial charge in [0.25, 0.3) is 0 Å². The number of hydrogen-bond acceptors (Lipinski definition) is 4. The average Bonchev–Trinajstić information content (AvgIpc) is 3.19. The molecule has 0 radical (unpaired) electrons. The molecule has 20 heavy (non-hydrogen) atoms. The van der Waals surface area contributed by atoms with Gasteiger partial charge in [-0.3, -0.25) is 0 Å². The second-order valence-corrected chi connectivity index (χ2v) is 6.33. The summed E-state index contributed by atoms with van der Waals surface area (Å²) < 4.78 is 0. The molecule has 0 unspecified atom stereocenters. The lowest BCUT2D eigenvalue weighted by Crippen LogP contribution is -2.30. The van der Waals surface area contributed by atoms with Gasteiger partial charge < -0.3 is 10.6 Å². The zero-order chi connectivity index (χ0) is 14.7. The molecule has 0 atom stereocenters. The lowest BCUT2D eigenvalue weighted by Gasteiger charge is -2.26. The third kappa shape index (κ3) is 3.62. The summed E-state index contributed by atoms with van der Waals surface area (Å²) in [5.41, 5.74) is 7.13. The van der Waals surface area contributed by atoms with Crippen molar-refractivity contribution in [2.24, 2.45) is 5.92 Å². The van der Waals surface area contributed by atoms with Gasteiger partial charge in [0.15, 0.2) is 0 Å². The van der Waals surface area contributed by atoms with Gasteiger partial charge in [-0.2, -0.15) is 0 Å². The van der Waals surface area contributed by atoms with Crippen LogP contribution in [0.2, 0.25) is 0 Å². The first-order chi connectivity index (χ1) is 9.52. The Morgan fingerprint density at radius 1 is 1.30 bits per heavy atom. The predicted octanol–water partition coefficient (Wildman–Crippen LogP) is 3.33. The molecule has 1 aromatic rings. The predicted molar refractivity (Wildman–Crippen MR) is 85.0 cm³/mol. The second kappa shape index (κ2) is 6.42. The minimum atomic E-state index is 0.647. The molecular weight excluding hydrogens is 248 g/mol. The molecule has 1 aliphatic carbocycles. The summed E-state index contributed by atoms with van der Waals surface area (Å²) in [6, 6.07) is 0.663. The van der Waals surface area contributed by atoms with E-state index in [1.807, 2.05) is 6.92 Å². The molecule has 4 heteroatoms. The van der Waals surface area contributed by atoms with Crippen LogP contribution in [0, 0.1) is 12.8 Å². The van der Waals surface area contributed by atoms with Gasteiger partial charge in [0.2, 0.25) is 0 Å². The summed E-state index contributed by atoms with van der Waals surface area (Å²) in [6.45, 7) is 9.82. The zero-order valence-corrected chi connectivity index (χ0v) is 13.3. The van der Waals surface area contributed by atoms with E-state index in [-0.39, 0.29) is 0 Å². The maximum Gasteiger partial charge on any atom is 0.137 e. The van der Waals surface area contributed by atoms with Gasteiger partial charge in [0.1, 0.15) is 17.5 Å². The zero-order valence-electron chi connectivity index (χ0n) is 13.3. The summed E-state index contributed by atoms with van der Waals surface area (Å²) in [7, 11) is 0. The summed E-state index contributed by atoms with van der Waals surface area (Å²) in [5, 5.41) is 0. The fraction of sp³-hybridized carbons (Fsp3) is 0.750. The van der Waals surface area contributed by atoms with Crippen LogP contribution in [0.5, 0.6) is 0 Å². The molecule has 0 bridgehead atoms. The third-order valence-corrected chi connectivity index (χ3v) is 3.88. The Bertz CT molecular complexity index is 452. The van der Waals surface area contributed by atoms with E-state index < -0.39 is 0 Å². The van der Waals surface area contributed by atoms with Gasteiger partial charge >= 0.3 is 0 Å². The summed E-state index contributed by atoms with van der Waals surface area (Å²) >= 11 is 0. The van der Waals surface area contributed by atoms with Gasteiger partial charge in [-0.1, -0.05) is 20.8 Å². The number of nitrogens with zero attached hydrogens (tertiary/aromatic N) is 3. The summed E-state index contributed by atoms with van der Waals surface area (Å²) in [6.07, 6.45) is 5.72. The smallest absolute Gasteiger partial charge is 0.137 e. The molecule has 1 fully saturated rings. The Labute approximate surface area is 122 Å². The largest absolute Gasteiger partial charge is 0.383 e. The van der Waals surface area contributed by atoms with E-state index in [0.717, 1.165) is 36.6 Å². The second-order valence-electron chi connectivity index (χ2n) is 6.33. The first kappa shape index (κ1) is 15.1. The van der Waals surface area contributed by atoms with Crippen LogP contribution in [0.15, 0.2) is 0 Å². The fourth-order valence-electron chi connectivity index (χ4n) is 2.43. The van der Waals surface area contributed by atoms with E-state index in [1.165, 1.54) is 19.3 Å². The van der Waals surface area contributed by atoms with Crippen LogP contribution in [0.1, 0.15) is 57.8 Å². The molecule has 1 heterocycles. The van der Waals surface area contributed by atoms with Crippen LogP contribution in [0.4, 0.5) is 11.6 Å². The van der Waals surface area contributed by atoms with Crippen molar-refractivity contribution in [1.82, 2.24) is 9.97 Å². The Kier molecular flexibility index (Phi) is 4.84. The van der Waals surface area contributed by atoms with E-state index in [4.69, 9.17) is 10.7 Å². The molecule has 112 valence electrons. The highest BCUT2D eigenvalue weighted by atomic mass is 15.2. The van der Waals surface area contributed by atoms with Crippen LogP contribution < -0.4 is 10.6 Å². The molecule has 1 aromatic heterocycles. The molecule has 0 aliphatic heterocycles. The minimum absolute atomic E-state index is 0.647. The first-order valence-corrected chi connectivity index (χ1v) is 7.92. The Morgan fingerprint density at radius 3 is 2.55 bits per heavy atom. The molecular formula is C16H28N4. The Hall–Kier alpha value is -1.32. The van der Waals surface area contributed by atoms with Crippen molar-refractivity contribution in [3.8, 4) is 0 Å². The molecule has 1 saturated carbocycles. The molecule has 0 spiro atoms. The molecule has 1 aliphatic rings. The van der Waals surface area contributed by atoms with E-state index >= 15 is 0 Å². The number of hydrogen-bond donors (Lipinski definition) is 1. The lowest BCUT2D eigenvalue weighted by molar-refractivity contribution is 0.567. The first-order valence-electron chi connectivity index (χ1n) is 7.92. The quantitative estimate of drug-likeness (QED) is 0.830. The van der Waals surface area contributed by atoms with Crippen LogP contribution in [-0.2, 0) is 6.42 Å². The Balaban J connectivity index is 2.26. The topological polar surface area (TPSA) is 55.0 Å². The number of rotatable bonds is 7. The van der Waals surface area contributed by atoms with Crippen molar-refractivity contribution in [3.63, 3.8) is 0 Å². The summed E-state index contributed by atoms with van der Waals surface area (Å²) in [5.74, 6) is 3.32. The Morgan fingerprint density at radius 2 is 2.00 bits per heavy atom. The van der Waals surface area contributed by atoms with E-state index in [9.17, 15) is 0 Å². The van der Waals surface area contributed by atoms with Crippen molar-refractivity contribution in [2.75, 3.05) is 17.2 Å². The van der Waals surface area contributed by atoms with Gasteiger partial charge in [-0.15, -0.1) is 0 Å². The van der Waals surface area contributed by atoms with Crippen LogP contribution in [0.3, 0.4) is 0 Å². The molecule has 0 saturated heterocycles. The maximum absolute atomic E-state index is 6.09. The average molecular weight is 276 g/mol. The minimum Gasteiger partial charge on any atom is -0.383 e. The van der Waals surface area contributed by atoms with Crippen molar-refractivity contribution >= 4 is 11.6 Å². The van der Waals surface area contributed by atoms with Gasteiger partial charge in [-0.05, 0) is 38.5 Å². The molecule has 0 aromatic carbocycles. The van der Waals surface area contributed by atoms with Crippen molar-refractivity contribution in [3.05, 3.63) is 11.4 Å². The highest BCUT2D eigenvalue weighted by Gasteiger charge is 2.31. The van der Waals surface area contributed by atoms with Gasteiger partial charge in [-0.25, -0.2) is 9.97 Å². The molecule has 4 nitrogen and oxygen atoms in total. The summed E-state index contributed by atoms with van der Waals surface area (Å²) in [4.78, 5) is 11.7. The van der Waals surface area contributed by atoms with Crippen molar-refractivity contribution < 1.29 is 0 Å². The number of nitrogens with two attached hydrogens (primary N) is 1. The van der Waals surface area contributed by atoms with Crippen LogP contribution in [-0.4, -0.2) is 22.6 Å². The van der Waals surface area contributed by atoms with Crippen LogP contribution in [0.25, 0.3) is 0 Å². The number of anilines is 2. The standard InChI is InChI=1S/C16H28N4/c1-5-6-14-18-15(17)12(4)16(19-14)20(13-7-8-13)10-9-11(2)3/h11,13H,5-10H2,1-4H3,(H2,17,18,19). The molecule has 2 N–H and O–H groups in total. The lowest BCUT2D eigenvalue weighted by atomic mass is 10.1. The number of nitrogen functional groups attached to an aromatic ring is 1. The van der Waals surface area contributed by atoms with Crippen molar-refractivity contribution in [1.29, 1.82) is 0 Å². The molecule has 2 rings (SSSR count). The van der Waals surface area contributed by atoms with E-state index in [0.29, 0.717) is 17.8 Å². The van der Waals surface area contributed by atoms with Gasteiger partial charge in [0.05, 0.1) is 0 Å². The molecule has 0 amide bonds. The normalized spacial score (nSPS) is 14.8. The van der Waals surface area contributed by atoms with E-state index in [2.05, 4.69) is 30.7 Å². The fourth-order valence-corrected chi connectivity index (χ4v) is 2.43. The van der Waals surface area contributed by atoms with Gasteiger partial charge in [0, 0.05) is 24.6 Å². The third-order valence-electron chi connectivity index (χ3n) is 3.88. The highest BCUT2D eigenvalue weighted by Crippen LogP contribution is 2.34. The monoisotopic (exact) mass is 276 g/mol. The highest BCUT2D eigenvalue weighted by molar-refractivity contribution is 5.57. The van der Waals surface area contributed by atoms with Crippen LogP contribution >= 0.6 is 0 Å². The SMILES string of the molecule is CCCc1nc(N)c(C)c(N(CCC(C)C)C2CC2)n1. The maximum atomic E-state index is 6.09. The van der Waals surface area contributed by atoms with Crippen molar-refractivity contribution in [2.45, 2.75) is 65.8 Å². The number of aromatic nitrogens is 2.